The van der Waals surface area contributed by atoms with E-state index < -0.39 is 5.91 Å². The molecule has 7 heteroatoms. The largest absolute Gasteiger partial charge is 0.334 e. The van der Waals surface area contributed by atoms with E-state index in [1.54, 1.807) is 22.5 Å². The number of nitrogens with zero attached hydrogens (tertiary/aromatic N) is 1. The van der Waals surface area contributed by atoms with Crippen LogP contribution in [-0.2, 0) is 16.1 Å². The van der Waals surface area contributed by atoms with Crippen LogP contribution >= 0.6 is 0 Å². The van der Waals surface area contributed by atoms with Crippen LogP contribution in [0.2, 0.25) is 0 Å². The van der Waals surface area contributed by atoms with Crippen LogP contribution in [0.3, 0.4) is 0 Å². The molecule has 3 N–H and O–H groups in total. The van der Waals surface area contributed by atoms with Gasteiger partial charge in [0.25, 0.3) is 5.91 Å². The maximum atomic E-state index is 12.8. The zero-order valence-electron chi connectivity index (χ0n) is 15.9. The molecule has 0 radical (unpaired) electrons. The van der Waals surface area contributed by atoms with Crippen molar-refractivity contribution in [2.75, 3.05) is 11.9 Å². The Kier molecular flexibility index (Phi) is 6.76. The summed E-state index contributed by atoms with van der Waals surface area (Å²) in [6, 6.07) is 16.4. The molecule has 0 aromatic heterocycles. The summed E-state index contributed by atoms with van der Waals surface area (Å²) in [5.74, 6) is -0.911. The molecule has 7 nitrogen and oxygen atoms in total. The summed E-state index contributed by atoms with van der Waals surface area (Å²) < 4.78 is 0. The number of carbonyl (C=O) groups is 3. The van der Waals surface area contributed by atoms with Gasteiger partial charge in [-0.1, -0.05) is 42.5 Å². The molecule has 0 fully saturated rings. The van der Waals surface area contributed by atoms with Crippen molar-refractivity contribution < 1.29 is 19.6 Å². The maximum Gasteiger partial charge on any atom is 0.256 e. The Morgan fingerprint density at radius 3 is 2.52 bits per heavy atom. The van der Waals surface area contributed by atoms with E-state index in [1.165, 1.54) is 0 Å². The van der Waals surface area contributed by atoms with Crippen LogP contribution in [0.1, 0.15) is 35.2 Å². The molecule has 29 heavy (non-hydrogen) atoms. The fourth-order valence-electron chi connectivity index (χ4n) is 3.26. The van der Waals surface area contributed by atoms with Gasteiger partial charge in [0.15, 0.2) is 0 Å². The molecule has 1 aliphatic heterocycles. The minimum atomic E-state index is -0.529. The van der Waals surface area contributed by atoms with E-state index in [1.807, 2.05) is 48.5 Å². The van der Waals surface area contributed by atoms with E-state index >= 15 is 0 Å². The summed E-state index contributed by atoms with van der Waals surface area (Å²) in [6.45, 7) is 0.851. The Morgan fingerprint density at radius 2 is 1.76 bits per heavy atom. The molecule has 1 heterocycles. The standard InChI is InChI=1S/C22H23N3O4/c26-20(24-29)13-12-16-8-6-14-25(22(16)28)15-17-7-4-5-11-19(17)21(27)23-18-9-2-1-3-10-18/h1-5,7-11,29H,6,12-15H2,(H,23,27)(H,24,26). The molecule has 3 amide bonds. The molecule has 2 aromatic carbocycles. The van der Waals surface area contributed by atoms with E-state index in [0.29, 0.717) is 36.3 Å². The highest BCUT2D eigenvalue weighted by molar-refractivity contribution is 6.05. The highest BCUT2D eigenvalue weighted by atomic mass is 16.5. The number of para-hydroxylation sites is 1. The Labute approximate surface area is 169 Å². The number of benzene rings is 2. The number of anilines is 1. The predicted molar refractivity (Wildman–Crippen MR) is 108 cm³/mol. The van der Waals surface area contributed by atoms with Crippen LogP contribution in [0, 0.1) is 0 Å². The Morgan fingerprint density at radius 1 is 1.03 bits per heavy atom. The molecule has 0 bridgehead atoms. The third-order valence-corrected chi connectivity index (χ3v) is 4.75. The van der Waals surface area contributed by atoms with Crippen molar-refractivity contribution in [3.63, 3.8) is 0 Å². The maximum absolute atomic E-state index is 12.8. The summed E-state index contributed by atoms with van der Waals surface area (Å²) in [5.41, 5.74) is 4.09. The minimum absolute atomic E-state index is 0.0397. The smallest absolute Gasteiger partial charge is 0.256 e. The summed E-state index contributed by atoms with van der Waals surface area (Å²) in [7, 11) is 0. The number of nitrogens with one attached hydrogen (secondary N) is 2. The molecule has 2 aromatic rings. The highest BCUT2D eigenvalue weighted by Gasteiger charge is 2.24. The lowest BCUT2D eigenvalue weighted by molar-refractivity contribution is -0.129. The van der Waals surface area contributed by atoms with Gasteiger partial charge < -0.3 is 10.2 Å². The van der Waals surface area contributed by atoms with Crippen LogP contribution in [0.5, 0.6) is 0 Å². The van der Waals surface area contributed by atoms with Crippen LogP contribution < -0.4 is 10.8 Å². The summed E-state index contributed by atoms with van der Waals surface area (Å²) in [5, 5.41) is 11.5. The molecule has 0 unspecified atom stereocenters. The second-order valence-electron chi connectivity index (χ2n) is 6.76. The normalized spacial score (nSPS) is 13.6. The van der Waals surface area contributed by atoms with Crippen molar-refractivity contribution in [2.24, 2.45) is 0 Å². The van der Waals surface area contributed by atoms with Crippen molar-refractivity contribution in [2.45, 2.75) is 25.8 Å². The molecule has 0 saturated heterocycles. The zero-order valence-corrected chi connectivity index (χ0v) is 15.9. The van der Waals surface area contributed by atoms with Gasteiger partial charge in [-0.25, -0.2) is 5.48 Å². The number of hydrogen-bond donors (Lipinski definition) is 3. The third kappa shape index (κ3) is 5.30. The first-order valence-corrected chi connectivity index (χ1v) is 9.44. The molecular formula is C22H23N3O4. The number of rotatable bonds is 7. The topological polar surface area (TPSA) is 98.7 Å². The second-order valence-corrected chi connectivity index (χ2v) is 6.76. The van der Waals surface area contributed by atoms with E-state index in [4.69, 9.17) is 5.21 Å². The van der Waals surface area contributed by atoms with Gasteiger partial charge in [-0.15, -0.1) is 0 Å². The third-order valence-electron chi connectivity index (χ3n) is 4.75. The average Bonchev–Trinajstić information content (AvgIpc) is 2.75. The Hall–Kier alpha value is -3.45. The zero-order chi connectivity index (χ0) is 20.6. The molecule has 3 rings (SSSR count). The molecule has 0 saturated carbocycles. The van der Waals surface area contributed by atoms with Gasteiger partial charge in [-0.2, -0.15) is 0 Å². The Bertz CT molecular complexity index is 925. The van der Waals surface area contributed by atoms with Gasteiger partial charge in [0.05, 0.1) is 0 Å². The van der Waals surface area contributed by atoms with Gasteiger partial charge in [0.1, 0.15) is 0 Å². The first-order chi connectivity index (χ1) is 14.1. The van der Waals surface area contributed by atoms with E-state index in [9.17, 15) is 14.4 Å². The lowest BCUT2D eigenvalue weighted by Crippen LogP contribution is -2.36. The van der Waals surface area contributed by atoms with Gasteiger partial charge in [-0.05, 0) is 36.6 Å². The summed E-state index contributed by atoms with van der Waals surface area (Å²) >= 11 is 0. The monoisotopic (exact) mass is 393 g/mol. The van der Waals surface area contributed by atoms with Gasteiger partial charge in [0, 0.05) is 36.3 Å². The second kappa shape index (κ2) is 9.66. The predicted octanol–water partition coefficient (Wildman–Crippen LogP) is 2.88. The average molecular weight is 393 g/mol. The SMILES string of the molecule is O=C(CCC1=CCCN(Cc2ccccc2C(=O)Nc2ccccc2)C1=O)NO. The number of hydroxylamine groups is 1. The lowest BCUT2D eigenvalue weighted by atomic mass is 10.0. The van der Waals surface area contributed by atoms with E-state index in [-0.39, 0.29) is 24.7 Å². The fourth-order valence-corrected chi connectivity index (χ4v) is 3.26. The van der Waals surface area contributed by atoms with Crippen LogP contribution in [0.4, 0.5) is 5.69 Å². The number of hydrogen-bond acceptors (Lipinski definition) is 4. The van der Waals surface area contributed by atoms with Gasteiger partial charge >= 0.3 is 0 Å². The molecule has 0 aliphatic carbocycles. The molecular weight excluding hydrogens is 370 g/mol. The molecule has 0 atom stereocenters. The fraction of sp³-hybridized carbons (Fsp3) is 0.227. The van der Waals surface area contributed by atoms with E-state index in [0.717, 1.165) is 5.56 Å². The minimum Gasteiger partial charge on any atom is -0.334 e. The number of amides is 3. The van der Waals surface area contributed by atoms with Crippen LogP contribution in [0.15, 0.2) is 66.2 Å². The van der Waals surface area contributed by atoms with Crippen molar-refractivity contribution in [3.8, 4) is 0 Å². The van der Waals surface area contributed by atoms with Crippen molar-refractivity contribution in [3.05, 3.63) is 77.4 Å². The van der Waals surface area contributed by atoms with Crippen LogP contribution in [0.25, 0.3) is 0 Å². The van der Waals surface area contributed by atoms with Crippen molar-refractivity contribution >= 4 is 23.4 Å². The molecule has 1 aliphatic rings. The van der Waals surface area contributed by atoms with Gasteiger partial charge in [-0.3, -0.25) is 19.6 Å². The number of carbonyl (C=O) groups excluding carboxylic acids is 3. The quantitative estimate of drug-likeness (QED) is 0.498. The first kappa shape index (κ1) is 20.3. The molecule has 0 spiro atoms. The lowest BCUT2D eigenvalue weighted by Gasteiger charge is -2.28. The summed E-state index contributed by atoms with van der Waals surface area (Å²) in [6.07, 6.45) is 2.81. The Balaban J connectivity index is 1.70. The highest BCUT2D eigenvalue weighted by Crippen LogP contribution is 2.21. The van der Waals surface area contributed by atoms with Crippen molar-refractivity contribution in [1.82, 2.24) is 10.4 Å². The van der Waals surface area contributed by atoms with E-state index in [2.05, 4.69) is 5.32 Å². The van der Waals surface area contributed by atoms with Crippen LogP contribution in [-0.4, -0.2) is 34.4 Å². The molecule has 150 valence electrons. The first-order valence-electron chi connectivity index (χ1n) is 9.44. The van der Waals surface area contributed by atoms with Gasteiger partial charge in [0.2, 0.25) is 11.8 Å². The van der Waals surface area contributed by atoms with Crippen molar-refractivity contribution in [1.29, 1.82) is 0 Å². The summed E-state index contributed by atoms with van der Waals surface area (Å²) in [4.78, 5) is 38.4.